The molecule has 6 heteroatoms. The maximum absolute atomic E-state index is 12.6. The minimum absolute atomic E-state index is 0.231. The molecule has 2 amide bonds. The van der Waals surface area contributed by atoms with E-state index in [1.165, 1.54) is 0 Å². The van der Waals surface area contributed by atoms with E-state index in [0.29, 0.717) is 42.4 Å². The zero-order chi connectivity index (χ0) is 21.1. The zero-order valence-electron chi connectivity index (χ0n) is 17.4. The highest BCUT2D eigenvalue weighted by molar-refractivity contribution is 5.98. The van der Waals surface area contributed by atoms with Gasteiger partial charge in [-0.3, -0.25) is 9.59 Å². The van der Waals surface area contributed by atoms with Crippen LogP contribution in [-0.4, -0.2) is 37.6 Å². The Hall–Kier alpha value is -3.02. The van der Waals surface area contributed by atoms with Crippen LogP contribution in [0.4, 0.5) is 0 Å². The van der Waals surface area contributed by atoms with Crippen molar-refractivity contribution in [2.45, 2.75) is 39.7 Å². The lowest BCUT2D eigenvalue weighted by molar-refractivity contribution is 0.0907. The van der Waals surface area contributed by atoms with E-state index in [1.54, 1.807) is 36.4 Å². The maximum Gasteiger partial charge on any atom is 0.255 e. The Balaban J connectivity index is 1.92. The van der Waals surface area contributed by atoms with E-state index in [4.69, 9.17) is 9.47 Å². The first-order chi connectivity index (χ1) is 14.1. The molecule has 0 aliphatic carbocycles. The fourth-order valence-corrected chi connectivity index (χ4v) is 2.68. The fraction of sp³-hybridized carbons (Fsp3) is 0.391. The van der Waals surface area contributed by atoms with E-state index in [1.807, 2.05) is 32.9 Å². The first kappa shape index (κ1) is 22.3. The van der Waals surface area contributed by atoms with Crippen molar-refractivity contribution >= 4 is 11.8 Å². The van der Waals surface area contributed by atoms with E-state index in [9.17, 15) is 9.59 Å². The Morgan fingerprint density at radius 1 is 0.828 bits per heavy atom. The molecule has 0 aromatic heterocycles. The SMILES string of the molecule is CCCOc1ccccc1C(=O)NCC(C)NC(=O)c1ccccc1OCCC. The van der Waals surface area contributed by atoms with Crippen molar-refractivity contribution in [3.63, 3.8) is 0 Å². The number of para-hydroxylation sites is 2. The van der Waals surface area contributed by atoms with Gasteiger partial charge in [-0.15, -0.1) is 0 Å². The normalized spacial score (nSPS) is 11.4. The molecule has 0 heterocycles. The van der Waals surface area contributed by atoms with Crippen molar-refractivity contribution in [3.05, 3.63) is 59.7 Å². The summed E-state index contributed by atoms with van der Waals surface area (Å²) in [6, 6.07) is 14.0. The molecule has 2 rings (SSSR count). The number of benzene rings is 2. The molecule has 0 saturated heterocycles. The summed E-state index contributed by atoms with van der Waals surface area (Å²) in [5, 5.41) is 5.76. The Morgan fingerprint density at radius 2 is 1.31 bits per heavy atom. The number of amides is 2. The lowest BCUT2D eigenvalue weighted by Gasteiger charge is -2.17. The molecule has 0 radical (unpaired) electrons. The average molecular weight is 399 g/mol. The third kappa shape index (κ3) is 6.82. The molecular formula is C23H30N2O4. The Morgan fingerprint density at radius 3 is 1.83 bits per heavy atom. The first-order valence-corrected chi connectivity index (χ1v) is 10.1. The van der Waals surface area contributed by atoms with Gasteiger partial charge in [-0.25, -0.2) is 0 Å². The van der Waals surface area contributed by atoms with Crippen molar-refractivity contribution in [2.24, 2.45) is 0 Å². The minimum Gasteiger partial charge on any atom is -0.493 e. The predicted molar refractivity (Wildman–Crippen MR) is 114 cm³/mol. The fourth-order valence-electron chi connectivity index (χ4n) is 2.68. The quantitative estimate of drug-likeness (QED) is 0.603. The number of rotatable bonds is 11. The molecule has 0 spiro atoms. The van der Waals surface area contributed by atoms with Gasteiger partial charge in [-0.05, 0) is 44.0 Å². The highest BCUT2D eigenvalue weighted by atomic mass is 16.5. The van der Waals surface area contributed by atoms with Gasteiger partial charge in [0.2, 0.25) is 0 Å². The molecule has 2 N–H and O–H groups in total. The van der Waals surface area contributed by atoms with Gasteiger partial charge in [-0.1, -0.05) is 38.1 Å². The number of hydrogen-bond donors (Lipinski definition) is 2. The summed E-state index contributed by atoms with van der Waals surface area (Å²) in [6.45, 7) is 7.26. The molecule has 0 fully saturated rings. The van der Waals surface area contributed by atoms with E-state index >= 15 is 0 Å². The average Bonchev–Trinajstić information content (AvgIpc) is 2.74. The van der Waals surface area contributed by atoms with Crippen molar-refractivity contribution in [1.29, 1.82) is 0 Å². The van der Waals surface area contributed by atoms with Crippen LogP contribution in [0.1, 0.15) is 54.3 Å². The van der Waals surface area contributed by atoms with E-state index in [0.717, 1.165) is 12.8 Å². The number of nitrogens with one attached hydrogen (secondary N) is 2. The molecule has 0 saturated carbocycles. The monoisotopic (exact) mass is 398 g/mol. The molecule has 2 aromatic rings. The highest BCUT2D eigenvalue weighted by Gasteiger charge is 2.16. The second-order valence-corrected chi connectivity index (χ2v) is 6.77. The molecule has 1 unspecified atom stereocenters. The van der Waals surface area contributed by atoms with Crippen LogP contribution in [0.5, 0.6) is 11.5 Å². The predicted octanol–water partition coefficient (Wildman–Crippen LogP) is 3.81. The van der Waals surface area contributed by atoms with Gasteiger partial charge in [0.05, 0.1) is 24.3 Å². The molecule has 1 atom stereocenters. The maximum atomic E-state index is 12.6. The summed E-state index contributed by atoms with van der Waals surface area (Å²) < 4.78 is 11.3. The van der Waals surface area contributed by atoms with Crippen LogP contribution >= 0.6 is 0 Å². The summed E-state index contributed by atoms with van der Waals surface area (Å²) in [5.41, 5.74) is 0.968. The summed E-state index contributed by atoms with van der Waals surface area (Å²) in [4.78, 5) is 25.1. The van der Waals surface area contributed by atoms with Crippen LogP contribution < -0.4 is 20.1 Å². The number of carbonyl (C=O) groups is 2. The first-order valence-electron chi connectivity index (χ1n) is 10.1. The second kappa shape index (κ2) is 11.7. The van der Waals surface area contributed by atoms with E-state index in [-0.39, 0.29) is 17.9 Å². The van der Waals surface area contributed by atoms with Gasteiger partial charge >= 0.3 is 0 Å². The van der Waals surface area contributed by atoms with E-state index < -0.39 is 0 Å². The summed E-state index contributed by atoms with van der Waals surface area (Å²) in [6.07, 6.45) is 1.73. The van der Waals surface area contributed by atoms with Gasteiger partial charge in [0.15, 0.2) is 0 Å². The van der Waals surface area contributed by atoms with Crippen LogP contribution in [0.25, 0.3) is 0 Å². The van der Waals surface area contributed by atoms with Gasteiger partial charge in [0, 0.05) is 12.6 Å². The van der Waals surface area contributed by atoms with Gasteiger partial charge in [0.1, 0.15) is 11.5 Å². The van der Waals surface area contributed by atoms with Crippen LogP contribution in [0, 0.1) is 0 Å². The number of carbonyl (C=O) groups excluding carboxylic acids is 2. The largest absolute Gasteiger partial charge is 0.493 e. The third-order valence-electron chi connectivity index (χ3n) is 4.13. The van der Waals surface area contributed by atoms with Crippen molar-refractivity contribution in [2.75, 3.05) is 19.8 Å². The molecule has 156 valence electrons. The van der Waals surface area contributed by atoms with Crippen LogP contribution in [0.3, 0.4) is 0 Å². The zero-order valence-corrected chi connectivity index (χ0v) is 17.4. The molecule has 29 heavy (non-hydrogen) atoms. The second-order valence-electron chi connectivity index (χ2n) is 6.77. The topological polar surface area (TPSA) is 76.7 Å². The molecule has 2 aromatic carbocycles. The van der Waals surface area contributed by atoms with Crippen molar-refractivity contribution in [3.8, 4) is 11.5 Å². The van der Waals surface area contributed by atoms with Crippen LogP contribution in [0.15, 0.2) is 48.5 Å². The Kier molecular flexibility index (Phi) is 9.02. The minimum atomic E-state index is -0.255. The molecule has 0 aliphatic rings. The Bertz CT molecular complexity index is 807. The third-order valence-corrected chi connectivity index (χ3v) is 4.13. The smallest absolute Gasteiger partial charge is 0.255 e. The van der Waals surface area contributed by atoms with Gasteiger partial charge in [0.25, 0.3) is 11.8 Å². The number of ether oxygens (including phenoxy) is 2. The molecular weight excluding hydrogens is 368 g/mol. The standard InChI is InChI=1S/C23H30N2O4/c1-4-14-28-20-12-8-6-10-18(20)22(26)24-16-17(3)25-23(27)19-11-7-9-13-21(19)29-15-5-2/h6-13,17H,4-5,14-16H2,1-3H3,(H,24,26)(H,25,27). The van der Waals surface area contributed by atoms with Crippen LogP contribution in [-0.2, 0) is 0 Å². The van der Waals surface area contributed by atoms with Crippen LogP contribution in [0.2, 0.25) is 0 Å². The molecule has 6 nitrogen and oxygen atoms in total. The van der Waals surface area contributed by atoms with Gasteiger partial charge < -0.3 is 20.1 Å². The lowest BCUT2D eigenvalue weighted by Crippen LogP contribution is -2.42. The molecule has 0 bridgehead atoms. The Labute approximate surface area is 172 Å². The molecule has 0 aliphatic heterocycles. The lowest BCUT2D eigenvalue weighted by atomic mass is 10.1. The summed E-state index contributed by atoms with van der Waals surface area (Å²) >= 11 is 0. The van der Waals surface area contributed by atoms with Gasteiger partial charge in [-0.2, -0.15) is 0 Å². The van der Waals surface area contributed by atoms with Crippen molar-refractivity contribution in [1.82, 2.24) is 10.6 Å². The number of hydrogen-bond acceptors (Lipinski definition) is 4. The van der Waals surface area contributed by atoms with Crippen molar-refractivity contribution < 1.29 is 19.1 Å². The van der Waals surface area contributed by atoms with E-state index in [2.05, 4.69) is 10.6 Å². The highest BCUT2D eigenvalue weighted by Crippen LogP contribution is 2.19. The summed E-state index contributed by atoms with van der Waals surface area (Å²) in [5.74, 6) is 0.658. The summed E-state index contributed by atoms with van der Waals surface area (Å²) in [7, 11) is 0.